The van der Waals surface area contributed by atoms with E-state index < -0.39 is 5.95 Å². The number of anilines is 1. The van der Waals surface area contributed by atoms with E-state index in [2.05, 4.69) is 45.6 Å². The maximum atomic E-state index is 14.6. The van der Waals surface area contributed by atoms with Crippen LogP contribution in [0.2, 0.25) is 5.02 Å². The molecule has 4 aromatic rings. The van der Waals surface area contributed by atoms with Crippen LogP contribution in [0.25, 0.3) is 28.0 Å². The predicted molar refractivity (Wildman–Crippen MR) is 113 cm³/mol. The summed E-state index contributed by atoms with van der Waals surface area (Å²) in [6, 6.07) is 7.62. The average Bonchev–Trinajstić information content (AvgIpc) is 3.09. The van der Waals surface area contributed by atoms with Gasteiger partial charge < -0.3 is 9.47 Å². The van der Waals surface area contributed by atoms with Gasteiger partial charge in [-0.3, -0.25) is 0 Å². The third-order valence-corrected chi connectivity index (χ3v) is 5.03. The number of nitrogens with zero attached hydrogens (tertiary/aromatic N) is 6. The molecule has 8 heteroatoms. The lowest BCUT2D eigenvalue weighted by molar-refractivity contribution is 0.581. The predicted octanol–water partition coefficient (Wildman–Crippen LogP) is 4.90. The van der Waals surface area contributed by atoms with Crippen LogP contribution in [0.4, 0.5) is 10.2 Å². The highest BCUT2D eigenvalue weighted by Gasteiger charge is 2.24. The molecule has 148 valence electrons. The molecule has 0 aliphatic carbocycles. The highest BCUT2D eigenvalue weighted by atomic mass is 35.5. The summed E-state index contributed by atoms with van der Waals surface area (Å²) in [7, 11) is 0. The molecular weight excluding hydrogens is 391 g/mol. The topological polar surface area (TPSA) is 59.7 Å². The van der Waals surface area contributed by atoms with Crippen molar-refractivity contribution in [2.24, 2.45) is 0 Å². The first-order valence-electron chi connectivity index (χ1n) is 9.36. The number of halogens is 2. The molecule has 0 radical (unpaired) electrons. The maximum Gasteiger partial charge on any atom is 0.239 e. The Bertz CT molecular complexity index is 1170. The Morgan fingerprint density at radius 1 is 1.14 bits per heavy atom. The van der Waals surface area contributed by atoms with E-state index in [0.717, 1.165) is 23.4 Å². The maximum absolute atomic E-state index is 14.6. The summed E-state index contributed by atoms with van der Waals surface area (Å²) in [5.74, 6) is 0.0911. The van der Waals surface area contributed by atoms with Crippen molar-refractivity contribution in [3.63, 3.8) is 0 Å². The van der Waals surface area contributed by atoms with Crippen molar-refractivity contribution in [2.75, 3.05) is 11.4 Å². The quantitative estimate of drug-likeness (QED) is 0.468. The zero-order chi connectivity index (χ0) is 20.5. The summed E-state index contributed by atoms with van der Waals surface area (Å²) in [6.45, 7) is 6.99. The Morgan fingerprint density at radius 3 is 2.62 bits per heavy atom. The molecule has 0 saturated carbocycles. The first-order valence-corrected chi connectivity index (χ1v) is 9.74. The second kappa shape index (κ2) is 7.75. The fourth-order valence-corrected chi connectivity index (χ4v) is 3.71. The normalized spacial score (nSPS) is 11.4. The van der Waals surface area contributed by atoms with Crippen LogP contribution in [-0.4, -0.2) is 37.1 Å². The van der Waals surface area contributed by atoms with Gasteiger partial charge in [-0.15, -0.1) is 0 Å². The van der Waals surface area contributed by atoms with Crippen molar-refractivity contribution in [2.45, 2.75) is 26.8 Å². The fourth-order valence-electron chi connectivity index (χ4n) is 3.53. The lowest BCUT2D eigenvalue weighted by Crippen LogP contribution is -2.31. The van der Waals surface area contributed by atoms with Gasteiger partial charge in [0.05, 0.1) is 5.39 Å². The van der Waals surface area contributed by atoms with Crippen LogP contribution in [0.15, 0.2) is 49.2 Å². The summed E-state index contributed by atoms with van der Waals surface area (Å²) in [5, 5.41) is 1.32. The van der Waals surface area contributed by atoms with Crippen molar-refractivity contribution in [1.82, 2.24) is 24.5 Å². The molecule has 0 atom stereocenters. The third-order valence-electron chi connectivity index (χ3n) is 4.79. The number of hydrogen-bond acceptors (Lipinski definition) is 5. The van der Waals surface area contributed by atoms with Crippen LogP contribution >= 0.6 is 11.6 Å². The molecule has 0 aliphatic heterocycles. The zero-order valence-corrected chi connectivity index (χ0v) is 17.1. The van der Waals surface area contributed by atoms with Crippen LogP contribution in [-0.2, 0) is 0 Å². The first-order chi connectivity index (χ1) is 14.0. The van der Waals surface area contributed by atoms with E-state index in [1.807, 2.05) is 29.0 Å². The van der Waals surface area contributed by atoms with E-state index in [1.165, 1.54) is 18.7 Å². The van der Waals surface area contributed by atoms with E-state index in [4.69, 9.17) is 11.6 Å². The van der Waals surface area contributed by atoms with Crippen LogP contribution in [0.1, 0.15) is 20.8 Å². The lowest BCUT2D eigenvalue weighted by Gasteiger charge is -2.27. The number of hydrogen-bond donors (Lipinski definition) is 0. The highest BCUT2D eigenvalue weighted by molar-refractivity contribution is 6.30. The highest BCUT2D eigenvalue weighted by Crippen LogP contribution is 2.37. The molecule has 3 heterocycles. The van der Waals surface area contributed by atoms with Crippen LogP contribution in [0.5, 0.6) is 0 Å². The molecule has 3 aromatic heterocycles. The summed E-state index contributed by atoms with van der Waals surface area (Å²) >= 11 is 6.20. The first kappa shape index (κ1) is 19.3. The minimum absolute atomic E-state index is 0.161. The summed E-state index contributed by atoms with van der Waals surface area (Å²) in [5.41, 5.74) is 2.21. The van der Waals surface area contributed by atoms with Crippen molar-refractivity contribution in [3.8, 4) is 16.9 Å². The van der Waals surface area contributed by atoms with Gasteiger partial charge in [0.25, 0.3) is 0 Å². The SMILES string of the molecule is CCN(c1ncnc2c1c(-c1nccnc1F)cn2-c1cccc(Cl)c1)C(C)C. The van der Waals surface area contributed by atoms with Gasteiger partial charge in [0.1, 0.15) is 17.8 Å². The molecule has 0 amide bonds. The Hall–Kier alpha value is -3.06. The van der Waals surface area contributed by atoms with Gasteiger partial charge >= 0.3 is 0 Å². The van der Waals surface area contributed by atoms with Crippen molar-refractivity contribution < 1.29 is 4.39 Å². The molecule has 0 aliphatic rings. The van der Waals surface area contributed by atoms with Gasteiger partial charge in [0.2, 0.25) is 5.95 Å². The molecule has 0 fully saturated rings. The molecule has 0 unspecified atom stereocenters. The van der Waals surface area contributed by atoms with Crippen LogP contribution in [0.3, 0.4) is 0 Å². The molecule has 0 bridgehead atoms. The van der Waals surface area contributed by atoms with E-state index in [-0.39, 0.29) is 11.7 Å². The molecule has 1 aromatic carbocycles. The second-order valence-electron chi connectivity index (χ2n) is 6.86. The van der Waals surface area contributed by atoms with Gasteiger partial charge in [-0.1, -0.05) is 17.7 Å². The molecule has 0 saturated heterocycles. The molecule has 4 rings (SSSR count). The van der Waals surface area contributed by atoms with E-state index >= 15 is 0 Å². The van der Waals surface area contributed by atoms with Crippen LogP contribution < -0.4 is 4.90 Å². The number of aromatic nitrogens is 5. The molecule has 0 spiro atoms. The van der Waals surface area contributed by atoms with Gasteiger partial charge in [-0.25, -0.2) is 19.9 Å². The van der Waals surface area contributed by atoms with Crippen molar-refractivity contribution in [3.05, 3.63) is 60.2 Å². The smallest absolute Gasteiger partial charge is 0.239 e. The number of rotatable bonds is 5. The minimum Gasteiger partial charge on any atom is -0.354 e. The Balaban J connectivity index is 2.09. The van der Waals surface area contributed by atoms with Gasteiger partial charge in [-0.05, 0) is 39.0 Å². The second-order valence-corrected chi connectivity index (χ2v) is 7.30. The van der Waals surface area contributed by atoms with Gasteiger partial charge in [-0.2, -0.15) is 4.39 Å². The summed E-state index contributed by atoms with van der Waals surface area (Å²) < 4.78 is 16.5. The third kappa shape index (κ3) is 3.42. The van der Waals surface area contributed by atoms with Crippen molar-refractivity contribution >= 4 is 28.5 Å². The van der Waals surface area contributed by atoms with E-state index in [0.29, 0.717) is 16.2 Å². The van der Waals surface area contributed by atoms with Crippen molar-refractivity contribution in [1.29, 1.82) is 0 Å². The standard InChI is InChI=1S/C21H20ClFN6/c1-4-28(13(2)3)20-17-16(18-19(23)25-9-8-24-18)11-29(21(17)27-12-26-20)15-7-5-6-14(22)10-15/h5-13H,4H2,1-3H3. The molecule has 0 N–H and O–H groups in total. The Morgan fingerprint density at radius 2 is 1.93 bits per heavy atom. The largest absolute Gasteiger partial charge is 0.354 e. The fraction of sp³-hybridized carbons (Fsp3) is 0.238. The van der Waals surface area contributed by atoms with E-state index in [9.17, 15) is 4.39 Å². The Kier molecular flexibility index (Phi) is 5.15. The summed E-state index contributed by atoms with van der Waals surface area (Å²) in [4.78, 5) is 19.2. The Labute approximate surface area is 173 Å². The monoisotopic (exact) mass is 410 g/mol. The van der Waals surface area contributed by atoms with Crippen LogP contribution in [0, 0.1) is 5.95 Å². The average molecular weight is 411 g/mol. The summed E-state index contributed by atoms with van der Waals surface area (Å²) in [6.07, 6.45) is 6.15. The van der Waals surface area contributed by atoms with Gasteiger partial charge in [0, 0.05) is 47.5 Å². The zero-order valence-electron chi connectivity index (χ0n) is 16.3. The lowest BCUT2D eigenvalue weighted by atomic mass is 10.1. The molecular formula is C21H20ClFN6. The molecule has 29 heavy (non-hydrogen) atoms. The number of fused-ring (bicyclic) bond motifs is 1. The van der Waals surface area contributed by atoms with E-state index in [1.54, 1.807) is 6.07 Å². The number of benzene rings is 1. The minimum atomic E-state index is -0.639. The molecule has 6 nitrogen and oxygen atoms in total. The van der Waals surface area contributed by atoms with Gasteiger partial charge in [0.15, 0.2) is 5.65 Å².